The molecule has 1 saturated heterocycles. The van der Waals surface area contributed by atoms with E-state index in [0.29, 0.717) is 0 Å². The third-order valence-electron chi connectivity index (χ3n) is 3.69. The average molecular weight is 335 g/mol. The molecule has 2 rings (SSSR count). The molecule has 1 radical (unpaired) electrons. The molecule has 1 fully saturated rings. The summed E-state index contributed by atoms with van der Waals surface area (Å²) in [5.41, 5.74) is 0.591. The van der Waals surface area contributed by atoms with Gasteiger partial charge in [-0.15, -0.1) is 0 Å². The van der Waals surface area contributed by atoms with Crippen LogP contribution in [0.2, 0.25) is 0 Å². The Morgan fingerprint density at radius 1 is 1.30 bits per heavy atom. The van der Waals surface area contributed by atoms with Crippen molar-refractivity contribution >= 4 is 21.6 Å². The standard InChI is InChI=1S/C16H21BrN3/c1-13(2)11-20-9-7-16(12-18,8-10-20)19-15-5-3-14(17)4-6-15/h3-6,19H,7-11H2,1-2H3. The van der Waals surface area contributed by atoms with Gasteiger partial charge in [0, 0.05) is 29.8 Å². The predicted molar refractivity (Wildman–Crippen MR) is 86.4 cm³/mol. The number of nitrogens with one attached hydrogen (secondary N) is 1. The highest BCUT2D eigenvalue weighted by molar-refractivity contribution is 9.10. The lowest BCUT2D eigenvalue weighted by atomic mass is 9.88. The molecule has 20 heavy (non-hydrogen) atoms. The van der Waals surface area contributed by atoms with Crippen LogP contribution in [-0.2, 0) is 0 Å². The second kappa shape index (κ2) is 6.60. The van der Waals surface area contributed by atoms with E-state index in [1.807, 2.05) is 24.3 Å². The van der Waals surface area contributed by atoms with Crippen LogP contribution in [0.25, 0.3) is 0 Å². The van der Waals surface area contributed by atoms with Crippen LogP contribution in [0.1, 0.15) is 26.7 Å². The molecule has 0 bridgehead atoms. The fourth-order valence-electron chi connectivity index (χ4n) is 2.61. The molecule has 107 valence electrons. The summed E-state index contributed by atoms with van der Waals surface area (Å²) >= 11 is 3.43. The molecular weight excluding hydrogens is 314 g/mol. The lowest BCUT2D eigenvalue weighted by Gasteiger charge is -2.38. The van der Waals surface area contributed by atoms with Crippen molar-refractivity contribution in [2.75, 3.05) is 25.0 Å². The van der Waals surface area contributed by atoms with Crippen LogP contribution in [0.5, 0.6) is 0 Å². The molecule has 1 heterocycles. The Bertz CT molecular complexity index is 467. The van der Waals surface area contributed by atoms with Crippen molar-refractivity contribution in [2.24, 2.45) is 0 Å². The van der Waals surface area contributed by atoms with Gasteiger partial charge in [-0.2, -0.15) is 5.26 Å². The molecule has 1 aromatic rings. The molecule has 0 amide bonds. The van der Waals surface area contributed by atoms with Gasteiger partial charge in [-0.3, -0.25) is 0 Å². The molecule has 0 atom stereocenters. The highest BCUT2D eigenvalue weighted by atomic mass is 79.9. The number of piperidine rings is 1. The minimum atomic E-state index is -0.425. The first-order valence-corrected chi connectivity index (χ1v) is 7.79. The van der Waals surface area contributed by atoms with Crippen molar-refractivity contribution in [3.63, 3.8) is 0 Å². The summed E-state index contributed by atoms with van der Waals surface area (Å²) < 4.78 is 1.05. The first-order chi connectivity index (χ1) is 9.53. The van der Waals surface area contributed by atoms with E-state index in [1.165, 1.54) is 5.92 Å². The minimum Gasteiger partial charge on any atom is -0.367 e. The number of likely N-dealkylation sites (tertiary alicyclic amines) is 1. The number of anilines is 1. The Balaban J connectivity index is 1.98. The van der Waals surface area contributed by atoms with Gasteiger partial charge in [0.05, 0.1) is 6.07 Å². The normalized spacial score (nSPS) is 18.8. The molecular formula is C16H21BrN3. The van der Waals surface area contributed by atoms with Crippen LogP contribution >= 0.6 is 15.9 Å². The maximum absolute atomic E-state index is 9.58. The van der Waals surface area contributed by atoms with Gasteiger partial charge in [0.1, 0.15) is 5.54 Å². The molecule has 1 aliphatic heterocycles. The summed E-state index contributed by atoms with van der Waals surface area (Å²) in [7, 11) is 0. The van der Waals surface area contributed by atoms with E-state index >= 15 is 0 Å². The molecule has 4 heteroatoms. The third-order valence-corrected chi connectivity index (χ3v) is 4.22. The van der Waals surface area contributed by atoms with Gasteiger partial charge in [0.15, 0.2) is 0 Å². The quantitative estimate of drug-likeness (QED) is 0.909. The van der Waals surface area contributed by atoms with E-state index in [1.54, 1.807) is 0 Å². The van der Waals surface area contributed by atoms with Gasteiger partial charge in [-0.1, -0.05) is 29.8 Å². The van der Waals surface area contributed by atoms with Crippen molar-refractivity contribution in [3.8, 4) is 6.07 Å². The highest BCUT2D eigenvalue weighted by Crippen LogP contribution is 2.27. The monoisotopic (exact) mass is 334 g/mol. The van der Waals surface area contributed by atoms with Crippen molar-refractivity contribution in [1.29, 1.82) is 5.26 Å². The Labute approximate surface area is 130 Å². The Morgan fingerprint density at radius 2 is 1.90 bits per heavy atom. The zero-order chi connectivity index (χ0) is 14.6. The van der Waals surface area contributed by atoms with E-state index < -0.39 is 5.54 Å². The smallest absolute Gasteiger partial charge is 0.127 e. The molecule has 0 aliphatic carbocycles. The second-order valence-electron chi connectivity index (χ2n) is 5.81. The van der Waals surface area contributed by atoms with Crippen LogP contribution < -0.4 is 5.32 Å². The maximum Gasteiger partial charge on any atom is 0.127 e. The summed E-state index contributed by atoms with van der Waals surface area (Å²) in [5, 5.41) is 13.0. The molecule has 1 aliphatic rings. The van der Waals surface area contributed by atoms with Crippen LogP contribution in [0.3, 0.4) is 0 Å². The van der Waals surface area contributed by atoms with Gasteiger partial charge >= 0.3 is 0 Å². The zero-order valence-corrected chi connectivity index (χ0v) is 13.7. The van der Waals surface area contributed by atoms with Crippen molar-refractivity contribution in [3.05, 3.63) is 34.7 Å². The van der Waals surface area contributed by atoms with E-state index in [9.17, 15) is 5.26 Å². The number of rotatable bonds is 4. The summed E-state index contributed by atoms with van der Waals surface area (Å²) in [6.45, 7) is 7.31. The number of hydrogen-bond donors (Lipinski definition) is 1. The Hall–Kier alpha value is -1.05. The Kier molecular flexibility index (Phi) is 5.06. The molecule has 0 saturated carbocycles. The van der Waals surface area contributed by atoms with Crippen molar-refractivity contribution in [2.45, 2.75) is 32.2 Å². The summed E-state index contributed by atoms with van der Waals surface area (Å²) in [6, 6.07) is 10.5. The number of hydrogen-bond acceptors (Lipinski definition) is 3. The van der Waals surface area contributed by atoms with Gasteiger partial charge in [0.2, 0.25) is 0 Å². The predicted octanol–water partition coefficient (Wildman–Crippen LogP) is 3.83. The van der Waals surface area contributed by atoms with E-state index in [-0.39, 0.29) is 0 Å². The first-order valence-electron chi connectivity index (χ1n) is 6.99. The number of nitriles is 1. The topological polar surface area (TPSA) is 39.1 Å². The summed E-state index contributed by atoms with van der Waals surface area (Å²) in [4.78, 5) is 2.42. The van der Waals surface area contributed by atoms with Crippen molar-refractivity contribution in [1.82, 2.24) is 4.90 Å². The maximum atomic E-state index is 9.58. The van der Waals surface area contributed by atoms with E-state index in [2.05, 4.69) is 46.1 Å². The SMILES string of the molecule is C[C](C)CN1CCC(C#N)(Nc2ccc(Br)cc2)CC1. The summed E-state index contributed by atoms with van der Waals surface area (Å²) in [5.74, 6) is 1.43. The van der Waals surface area contributed by atoms with E-state index in [4.69, 9.17) is 0 Å². The molecule has 0 spiro atoms. The second-order valence-corrected chi connectivity index (χ2v) is 6.72. The van der Waals surface area contributed by atoms with E-state index in [0.717, 1.165) is 42.6 Å². The Morgan fingerprint density at radius 3 is 2.40 bits per heavy atom. The molecule has 1 N–H and O–H groups in total. The third kappa shape index (κ3) is 3.97. The highest BCUT2D eigenvalue weighted by Gasteiger charge is 2.34. The number of benzene rings is 1. The van der Waals surface area contributed by atoms with Crippen LogP contribution in [0.15, 0.2) is 28.7 Å². The van der Waals surface area contributed by atoms with Gasteiger partial charge < -0.3 is 10.2 Å². The average Bonchev–Trinajstić information content (AvgIpc) is 2.43. The van der Waals surface area contributed by atoms with Gasteiger partial charge in [-0.05, 0) is 43.0 Å². The minimum absolute atomic E-state index is 0.425. The largest absolute Gasteiger partial charge is 0.367 e. The lowest BCUT2D eigenvalue weighted by molar-refractivity contribution is 0.204. The number of halogens is 1. The fraction of sp³-hybridized carbons (Fsp3) is 0.500. The van der Waals surface area contributed by atoms with Gasteiger partial charge in [0.25, 0.3) is 0 Å². The number of nitrogens with zero attached hydrogens (tertiary/aromatic N) is 2. The molecule has 0 aromatic heterocycles. The van der Waals surface area contributed by atoms with Crippen molar-refractivity contribution < 1.29 is 0 Å². The van der Waals surface area contributed by atoms with Crippen LogP contribution in [0.4, 0.5) is 5.69 Å². The lowest BCUT2D eigenvalue weighted by Crippen LogP contribution is -2.48. The fourth-order valence-corrected chi connectivity index (χ4v) is 2.88. The molecule has 0 unspecified atom stereocenters. The zero-order valence-electron chi connectivity index (χ0n) is 12.1. The molecule has 3 nitrogen and oxygen atoms in total. The van der Waals surface area contributed by atoms with Crippen LogP contribution in [0, 0.1) is 17.2 Å². The summed E-state index contributed by atoms with van der Waals surface area (Å²) in [6.07, 6.45) is 1.74. The molecule has 1 aromatic carbocycles. The first kappa shape index (κ1) is 15.3. The van der Waals surface area contributed by atoms with Gasteiger partial charge in [-0.25, -0.2) is 0 Å². The van der Waals surface area contributed by atoms with Crippen LogP contribution in [-0.4, -0.2) is 30.1 Å².